The molecule has 3 heteroatoms. The van der Waals surface area contributed by atoms with E-state index in [0.29, 0.717) is 18.2 Å². The molecule has 0 bridgehead atoms. The van der Waals surface area contributed by atoms with Crippen molar-refractivity contribution in [1.82, 2.24) is 5.32 Å². The maximum Gasteiger partial charge on any atom is 0.0685 e. The van der Waals surface area contributed by atoms with Gasteiger partial charge >= 0.3 is 0 Å². The van der Waals surface area contributed by atoms with Gasteiger partial charge in [0.05, 0.1) is 6.10 Å². The topological polar surface area (TPSA) is 21.3 Å². The van der Waals surface area contributed by atoms with Gasteiger partial charge in [-0.05, 0) is 24.8 Å². The van der Waals surface area contributed by atoms with Gasteiger partial charge in [0.2, 0.25) is 0 Å². The third-order valence-corrected chi connectivity index (χ3v) is 5.56. The standard InChI is InChI=1S/C14H21NOS/c1-9(11-5-4-8-17-11)15-12-10-6-7-16-13(10)14(12,2)3/h4-5,8-10,12-13,15H,6-7H2,1-3H3/t9-,10?,12?,13?/m0/s1. The Bertz CT molecular complexity index is 387. The highest BCUT2D eigenvalue weighted by atomic mass is 32.1. The minimum atomic E-state index is 0.284. The van der Waals surface area contributed by atoms with Crippen LogP contribution in [0.2, 0.25) is 0 Å². The summed E-state index contributed by atoms with van der Waals surface area (Å²) in [6.45, 7) is 7.88. The summed E-state index contributed by atoms with van der Waals surface area (Å²) in [5, 5.41) is 5.96. The molecule has 2 heterocycles. The molecule has 0 amide bonds. The molecule has 4 atom stereocenters. The second-order valence-corrected chi connectivity index (χ2v) is 6.93. The van der Waals surface area contributed by atoms with E-state index < -0.39 is 0 Å². The average Bonchev–Trinajstić information content (AvgIpc) is 2.95. The summed E-state index contributed by atoms with van der Waals surface area (Å²) in [7, 11) is 0. The Labute approximate surface area is 107 Å². The van der Waals surface area contributed by atoms with Gasteiger partial charge in [0, 0.05) is 34.9 Å². The molecular formula is C14H21NOS. The first-order chi connectivity index (χ1) is 8.10. The molecule has 1 aliphatic heterocycles. The molecule has 1 saturated heterocycles. The van der Waals surface area contributed by atoms with E-state index >= 15 is 0 Å². The normalized spacial score (nSPS) is 36.3. The first-order valence-corrected chi connectivity index (χ1v) is 7.39. The number of thiophene rings is 1. The molecule has 3 unspecified atom stereocenters. The van der Waals surface area contributed by atoms with Crippen molar-refractivity contribution < 1.29 is 4.74 Å². The number of hydrogen-bond donors (Lipinski definition) is 1. The second-order valence-electron chi connectivity index (χ2n) is 5.95. The largest absolute Gasteiger partial charge is 0.377 e. The molecule has 0 aromatic carbocycles. The fraction of sp³-hybridized carbons (Fsp3) is 0.714. The molecule has 2 aliphatic rings. The fourth-order valence-electron chi connectivity index (χ4n) is 3.55. The van der Waals surface area contributed by atoms with Gasteiger partial charge in [-0.2, -0.15) is 0 Å². The molecule has 0 radical (unpaired) electrons. The molecule has 1 aliphatic carbocycles. The van der Waals surface area contributed by atoms with Crippen LogP contribution in [0.3, 0.4) is 0 Å². The Hall–Kier alpha value is -0.380. The molecule has 2 nitrogen and oxygen atoms in total. The van der Waals surface area contributed by atoms with E-state index in [1.165, 1.54) is 11.3 Å². The van der Waals surface area contributed by atoms with Crippen LogP contribution in [0.5, 0.6) is 0 Å². The molecule has 2 fully saturated rings. The lowest BCUT2D eigenvalue weighted by Gasteiger charge is -2.55. The minimum Gasteiger partial charge on any atom is -0.377 e. The zero-order valence-electron chi connectivity index (χ0n) is 10.8. The zero-order valence-corrected chi connectivity index (χ0v) is 11.6. The predicted octanol–water partition coefficient (Wildman–Crippen LogP) is 3.21. The van der Waals surface area contributed by atoms with Crippen LogP contribution in [0.1, 0.15) is 38.1 Å². The number of hydrogen-bond acceptors (Lipinski definition) is 3. The van der Waals surface area contributed by atoms with Crippen LogP contribution < -0.4 is 5.32 Å². The highest BCUT2D eigenvalue weighted by Gasteiger charge is 2.59. The van der Waals surface area contributed by atoms with E-state index in [0.717, 1.165) is 12.5 Å². The quantitative estimate of drug-likeness (QED) is 0.890. The Morgan fingerprint density at radius 3 is 3.06 bits per heavy atom. The van der Waals surface area contributed by atoms with Gasteiger partial charge in [-0.3, -0.25) is 0 Å². The van der Waals surface area contributed by atoms with E-state index in [4.69, 9.17) is 4.74 Å². The van der Waals surface area contributed by atoms with E-state index in [1.807, 2.05) is 11.3 Å². The molecule has 1 saturated carbocycles. The average molecular weight is 251 g/mol. The Morgan fingerprint density at radius 1 is 1.53 bits per heavy atom. The van der Waals surface area contributed by atoms with E-state index in [2.05, 4.69) is 43.6 Å². The summed E-state index contributed by atoms with van der Waals surface area (Å²) in [5.74, 6) is 0.729. The Kier molecular flexibility index (Phi) is 2.80. The highest BCUT2D eigenvalue weighted by molar-refractivity contribution is 7.10. The molecule has 94 valence electrons. The van der Waals surface area contributed by atoms with Crippen molar-refractivity contribution in [3.8, 4) is 0 Å². The molecule has 1 N–H and O–H groups in total. The summed E-state index contributed by atoms with van der Waals surface area (Å²) in [5.41, 5.74) is 0.284. The van der Waals surface area contributed by atoms with Gasteiger partial charge < -0.3 is 10.1 Å². The third kappa shape index (κ3) is 1.76. The van der Waals surface area contributed by atoms with Gasteiger partial charge in [-0.25, -0.2) is 0 Å². The van der Waals surface area contributed by atoms with Crippen LogP contribution >= 0.6 is 11.3 Å². The lowest BCUT2D eigenvalue weighted by atomic mass is 9.57. The van der Waals surface area contributed by atoms with Gasteiger partial charge in [0.1, 0.15) is 0 Å². The van der Waals surface area contributed by atoms with Crippen LogP contribution in [0.25, 0.3) is 0 Å². The van der Waals surface area contributed by atoms with Crippen LogP contribution in [0.4, 0.5) is 0 Å². The Balaban J connectivity index is 1.69. The zero-order chi connectivity index (χ0) is 12.0. The number of fused-ring (bicyclic) bond motifs is 1. The molecule has 17 heavy (non-hydrogen) atoms. The molecular weight excluding hydrogens is 230 g/mol. The monoisotopic (exact) mass is 251 g/mol. The fourth-order valence-corrected chi connectivity index (χ4v) is 4.30. The van der Waals surface area contributed by atoms with Gasteiger partial charge in [-0.15, -0.1) is 11.3 Å². The number of ether oxygens (including phenoxy) is 1. The smallest absolute Gasteiger partial charge is 0.0685 e. The first-order valence-electron chi connectivity index (χ1n) is 6.52. The van der Waals surface area contributed by atoms with Crippen molar-refractivity contribution in [2.45, 2.75) is 45.4 Å². The molecule has 3 rings (SSSR count). The second kappa shape index (κ2) is 4.08. The summed E-state index contributed by atoms with van der Waals surface area (Å²) in [6.07, 6.45) is 1.71. The first kappa shape index (κ1) is 11.7. The lowest BCUT2D eigenvalue weighted by Crippen LogP contribution is -2.66. The van der Waals surface area contributed by atoms with Gasteiger partial charge in [0.15, 0.2) is 0 Å². The highest BCUT2D eigenvalue weighted by Crippen LogP contribution is 2.52. The van der Waals surface area contributed by atoms with Crippen LogP contribution in [0, 0.1) is 11.3 Å². The minimum absolute atomic E-state index is 0.284. The van der Waals surface area contributed by atoms with Crippen LogP contribution in [-0.2, 0) is 4.74 Å². The maximum absolute atomic E-state index is 5.83. The van der Waals surface area contributed by atoms with Crippen molar-refractivity contribution in [2.75, 3.05) is 6.61 Å². The van der Waals surface area contributed by atoms with Gasteiger partial charge in [0.25, 0.3) is 0 Å². The van der Waals surface area contributed by atoms with Gasteiger partial charge in [-0.1, -0.05) is 19.9 Å². The van der Waals surface area contributed by atoms with E-state index in [1.54, 1.807) is 0 Å². The van der Waals surface area contributed by atoms with Crippen molar-refractivity contribution in [3.63, 3.8) is 0 Å². The summed E-state index contributed by atoms with van der Waals surface area (Å²) in [6, 6.07) is 5.41. The third-order valence-electron chi connectivity index (χ3n) is 4.50. The lowest BCUT2D eigenvalue weighted by molar-refractivity contribution is -0.115. The van der Waals surface area contributed by atoms with Crippen molar-refractivity contribution >= 4 is 11.3 Å². The summed E-state index contributed by atoms with van der Waals surface area (Å²) < 4.78 is 5.83. The Morgan fingerprint density at radius 2 is 2.35 bits per heavy atom. The SMILES string of the molecule is C[C@H](NC1C2CCOC2C1(C)C)c1cccs1. The molecule has 0 spiro atoms. The van der Waals surface area contributed by atoms with E-state index in [9.17, 15) is 0 Å². The predicted molar refractivity (Wildman–Crippen MR) is 71.3 cm³/mol. The van der Waals surface area contributed by atoms with Crippen molar-refractivity contribution in [3.05, 3.63) is 22.4 Å². The maximum atomic E-state index is 5.83. The van der Waals surface area contributed by atoms with Crippen LogP contribution in [-0.4, -0.2) is 18.8 Å². The van der Waals surface area contributed by atoms with Crippen LogP contribution in [0.15, 0.2) is 17.5 Å². The number of nitrogens with one attached hydrogen (secondary N) is 1. The van der Waals surface area contributed by atoms with Crippen molar-refractivity contribution in [1.29, 1.82) is 0 Å². The molecule has 1 aromatic rings. The summed E-state index contributed by atoms with van der Waals surface area (Å²) in [4.78, 5) is 1.43. The summed E-state index contributed by atoms with van der Waals surface area (Å²) >= 11 is 1.84. The number of rotatable bonds is 3. The molecule has 1 aromatic heterocycles. The van der Waals surface area contributed by atoms with E-state index in [-0.39, 0.29) is 5.41 Å². The van der Waals surface area contributed by atoms with Crippen molar-refractivity contribution in [2.24, 2.45) is 11.3 Å².